The first-order valence-corrected chi connectivity index (χ1v) is 20.1. The molecule has 4 saturated carbocycles. The maximum atomic E-state index is 2.56. The van der Waals surface area contributed by atoms with Crippen molar-refractivity contribution in [2.75, 3.05) is 4.90 Å². The molecule has 6 bridgehead atoms. The van der Waals surface area contributed by atoms with Crippen LogP contribution in [0, 0.1) is 23.7 Å². The summed E-state index contributed by atoms with van der Waals surface area (Å²) in [5.74, 6) is 4.34. The smallest absolute Gasteiger partial charge is 0.0468 e. The maximum absolute atomic E-state index is 2.56. The van der Waals surface area contributed by atoms with E-state index in [0.29, 0.717) is 0 Å². The Balaban J connectivity index is 0.931. The van der Waals surface area contributed by atoms with E-state index in [0.717, 1.165) is 29.6 Å². The first-order valence-electron chi connectivity index (χ1n) is 19.3. The Morgan fingerprint density at radius 1 is 0.538 bits per heavy atom. The highest BCUT2D eigenvalue weighted by Crippen LogP contribution is 2.77. The zero-order chi connectivity index (χ0) is 33.7. The molecule has 4 fully saturated rings. The predicted molar refractivity (Wildman–Crippen MR) is 218 cm³/mol. The predicted octanol–water partition coefficient (Wildman–Crippen LogP) is 13.8. The molecule has 52 heavy (non-hydrogen) atoms. The highest BCUT2D eigenvalue weighted by Gasteiger charge is 2.69. The van der Waals surface area contributed by atoms with Crippen LogP contribution >= 0.6 is 11.3 Å². The molecule has 0 radical (unpaired) electrons. The van der Waals surface area contributed by atoms with Crippen LogP contribution in [0.1, 0.15) is 48.3 Å². The van der Waals surface area contributed by atoms with Gasteiger partial charge in [-0.15, -0.1) is 11.3 Å². The van der Waals surface area contributed by atoms with Gasteiger partial charge < -0.3 is 4.90 Å². The summed E-state index contributed by atoms with van der Waals surface area (Å²) >= 11 is 1.88. The minimum Gasteiger partial charge on any atom is -0.310 e. The van der Waals surface area contributed by atoms with Crippen molar-refractivity contribution in [3.05, 3.63) is 162 Å². The molecule has 0 aliphatic heterocycles. The fraction of sp³-hybridized carbons (Fsp3) is 0.200. The number of benzene rings is 7. The molecule has 2 heteroatoms. The largest absolute Gasteiger partial charge is 0.310 e. The lowest BCUT2D eigenvalue weighted by Gasteiger charge is -2.60. The minimum absolute atomic E-state index is 0.275. The van der Waals surface area contributed by atoms with E-state index in [9.17, 15) is 0 Å². The van der Waals surface area contributed by atoms with Crippen molar-refractivity contribution >= 4 is 59.3 Å². The van der Waals surface area contributed by atoms with Crippen molar-refractivity contribution in [2.24, 2.45) is 23.7 Å². The molecule has 8 aromatic rings. The van der Waals surface area contributed by atoms with E-state index < -0.39 is 0 Å². The second-order valence-electron chi connectivity index (χ2n) is 16.5. The van der Waals surface area contributed by atoms with Crippen LogP contribution in [0.3, 0.4) is 0 Å². The average molecular weight is 684 g/mol. The Bertz CT molecular complexity index is 2810. The van der Waals surface area contributed by atoms with E-state index in [1.807, 2.05) is 11.3 Å². The SMILES string of the molecule is c1cc2c3c(c1)C1C4CC5CC(C4)C3(c3ccc(-c4ccc(N(c6ccc7ccccc7c6)c6ccc7sc8ccccc8c7c6)cc4)cc3-2)C1C5. The van der Waals surface area contributed by atoms with Crippen LogP contribution in [-0.4, -0.2) is 0 Å². The molecule has 1 nitrogen and oxygen atoms in total. The third-order valence-electron chi connectivity index (χ3n) is 14.3. The first-order chi connectivity index (χ1) is 25.7. The summed E-state index contributed by atoms with van der Waals surface area (Å²) in [5.41, 5.74) is 14.6. The highest BCUT2D eigenvalue weighted by atomic mass is 32.1. The molecule has 1 aromatic heterocycles. The molecule has 6 aliphatic carbocycles. The number of nitrogens with zero attached hydrogens (tertiary/aromatic N) is 1. The third kappa shape index (κ3) is 3.54. The summed E-state index contributed by atoms with van der Waals surface area (Å²) in [4.78, 5) is 2.43. The van der Waals surface area contributed by atoms with Crippen molar-refractivity contribution in [3.8, 4) is 22.3 Å². The summed E-state index contributed by atoms with van der Waals surface area (Å²) in [6.07, 6.45) is 5.81. The van der Waals surface area contributed by atoms with Crippen molar-refractivity contribution in [2.45, 2.75) is 37.0 Å². The van der Waals surface area contributed by atoms with E-state index in [1.54, 1.807) is 22.3 Å². The molecule has 6 atom stereocenters. The van der Waals surface area contributed by atoms with E-state index >= 15 is 0 Å². The Morgan fingerprint density at radius 3 is 2.27 bits per heavy atom. The number of fused-ring (bicyclic) bond motifs is 6. The van der Waals surface area contributed by atoms with E-state index in [-0.39, 0.29) is 5.41 Å². The van der Waals surface area contributed by atoms with Crippen molar-refractivity contribution in [1.29, 1.82) is 0 Å². The quantitative estimate of drug-likeness (QED) is 0.178. The van der Waals surface area contributed by atoms with Gasteiger partial charge >= 0.3 is 0 Å². The number of anilines is 3. The first kappa shape index (κ1) is 28.4. The second kappa shape index (κ2) is 10.0. The van der Waals surface area contributed by atoms with Gasteiger partial charge in [0.25, 0.3) is 0 Å². The van der Waals surface area contributed by atoms with Crippen LogP contribution in [0.15, 0.2) is 146 Å². The normalized spacial score (nSPS) is 25.7. The molecule has 14 rings (SSSR count). The molecule has 1 spiro atoms. The van der Waals surface area contributed by atoms with Gasteiger partial charge in [-0.1, -0.05) is 91.0 Å². The van der Waals surface area contributed by atoms with Crippen LogP contribution in [0.5, 0.6) is 0 Å². The lowest BCUT2D eigenvalue weighted by Crippen LogP contribution is -2.54. The molecule has 6 unspecified atom stereocenters. The average Bonchev–Trinajstić information content (AvgIpc) is 3.80. The Morgan fingerprint density at radius 2 is 1.33 bits per heavy atom. The molecule has 0 N–H and O–H groups in total. The summed E-state index contributed by atoms with van der Waals surface area (Å²) in [7, 11) is 0. The fourth-order valence-corrected chi connectivity index (χ4v) is 13.7. The monoisotopic (exact) mass is 683 g/mol. The molecule has 6 aliphatic rings. The van der Waals surface area contributed by atoms with Gasteiger partial charge in [-0.3, -0.25) is 0 Å². The van der Waals surface area contributed by atoms with Gasteiger partial charge in [0.1, 0.15) is 0 Å². The van der Waals surface area contributed by atoms with Crippen LogP contribution in [-0.2, 0) is 5.41 Å². The Labute approximate surface area is 308 Å². The zero-order valence-corrected chi connectivity index (χ0v) is 29.7. The van der Waals surface area contributed by atoms with E-state index in [1.165, 1.54) is 90.4 Å². The molecule has 248 valence electrons. The zero-order valence-electron chi connectivity index (χ0n) is 28.9. The lowest BCUT2D eigenvalue weighted by atomic mass is 9.43. The molecular weight excluding hydrogens is 647 g/mol. The molecule has 7 aromatic carbocycles. The van der Waals surface area contributed by atoms with Crippen LogP contribution in [0.2, 0.25) is 0 Å². The topological polar surface area (TPSA) is 3.24 Å². The standard InChI is InChI=1S/C50H37NS/c1-2-7-32-26-37(18-14-30(32)6-1)51(38-19-21-47-43(28-38)39-8-3-4-11-46(39)52-47)36-16-12-31(13-17-36)33-15-20-44-42(27-33)40-9-5-10-41-48-34-22-29-23-35(25-34)50(44,49(40)41)45(48)24-29/h1-21,26-29,34-35,45,48H,22-25H2. The number of hydrogen-bond donors (Lipinski definition) is 0. The van der Waals surface area contributed by atoms with Gasteiger partial charge in [-0.2, -0.15) is 0 Å². The number of rotatable bonds is 4. The van der Waals surface area contributed by atoms with Crippen molar-refractivity contribution < 1.29 is 0 Å². The molecule has 0 amide bonds. The van der Waals surface area contributed by atoms with Gasteiger partial charge in [-0.05, 0) is 160 Å². The minimum atomic E-state index is 0.275. The second-order valence-corrected chi connectivity index (χ2v) is 17.6. The van der Waals surface area contributed by atoms with Gasteiger partial charge in [-0.25, -0.2) is 0 Å². The van der Waals surface area contributed by atoms with Crippen LogP contribution in [0.4, 0.5) is 17.1 Å². The fourth-order valence-electron chi connectivity index (χ4n) is 12.6. The molecule has 1 heterocycles. The lowest BCUT2D eigenvalue weighted by molar-refractivity contribution is -0.0431. The number of hydrogen-bond acceptors (Lipinski definition) is 2. The molecular formula is C50H37NS. The van der Waals surface area contributed by atoms with Crippen molar-refractivity contribution in [3.63, 3.8) is 0 Å². The van der Waals surface area contributed by atoms with Crippen molar-refractivity contribution in [1.82, 2.24) is 0 Å². The third-order valence-corrected chi connectivity index (χ3v) is 15.4. The summed E-state index contributed by atoms with van der Waals surface area (Å²) in [5, 5.41) is 5.16. The Hall–Kier alpha value is -5.18. The van der Waals surface area contributed by atoms with E-state index in [2.05, 4.69) is 150 Å². The maximum Gasteiger partial charge on any atom is 0.0468 e. The Kier molecular flexibility index (Phi) is 5.48. The summed E-state index contributed by atoms with van der Waals surface area (Å²) in [6, 6.07) is 55.6. The summed E-state index contributed by atoms with van der Waals surface area (Å²) < 4.78 is 2.67. The van der Waals surface area contributed by atoms with Crippen LogP contribution in [0.25, 0.3) is 53.2 Å². The van der Waals surface area contributed by atoms with E-state index in [4.69, 9.17) is 0 Å². The van der Waals surface area contributed by atoms with Gasteiger partial charge in [0.2, 0.25) is 0 Å². The van der Waals surface area contributed by atoms with Gasteiger partial charge in [0.15, 0.2) is 0 Å². The summed E-state index contributed by atoms with van der Waals surface area (Å²) in [6.45, 7) is 0. The van der Waals surface area contributed by atoms with Gasteiger partial charge in [0, 0.05) is 42.6 Å². The van der Waals surface area contributed by atoms with Gasteiger partial charge in [0.05, 0.1) is 0 Å². The number of thiophene rings is 1. The highest BCUT2D eigenvalue weighted by molar-refractivity contribution is 7.25. The molecule has 0 saturated heterocycles. The van der Waals surface area contributed by atoms with Crippen LogP contribution < -0.4 is 4.90 Å².